The number of fused-ring (bicyclic) bond motifs is 1. The van der Waals surface area contributed by atoms with Gasteiger partial charge in [-0.1, -0.05) is 59.3 Å². The summed E-state index contributed by atoms with van der Waals surface area (Å²) in [5, 5.41) is 4.73. The van der Waals surface area contributed by atoms with Crippen molar-refractivity contribution in [3.05, 3.63) is 70.3 Å². The molecular weight excluding hydrogens is 324 g/mol. The van der Waals surface area contributed by atoms with Crippen molar-refractivity contribution >= 4 is 26.8 Å². The van der Waals surface area contributed by atoms with Crippen molar-refractivity contribution in [1.82, 2.24) is 9.88 Å². The summed E-state index contributed by atoms with van der Waals surface area (Å²) < 4.78 is 3.50. The van der Waals surface area contributed by atoms with Crippen LogP contribution in [-0.2, 0) is 13.1 Å². The number of hydrogen-bond donors (Lipinski definition) is 1. The van der Waals surface area contributed by atoms with E-state index >= 15 is 0 Å². The van der Waals surface area contributed by atoms with Crippen molar-refractivity contribution in [2.75, 3.05) is 6.54 Å². The molecule has 0 saturated carbocycles. The minimum Gasteiger partial charge on any atom is -0.343 e. The van der Waals surface area contributed by atoms with Gasteiger partial charge in [-0.25, -0.2) is 0 Å². The van der Waals surface area contributed by atoms with Crippen molar-refractivity contribution in [3.63, 3.8) is 0 Å². The number of rotatable bonds is 5. The molecule has 0 aliphatic carbocycles. The number of para-hydroxylation sites is 1. The van der Waals surface area contributed by atoms with Crippen LogP contribution in [0.25, 0.3) is 10.9 Å². The molecule has 0 aliphatic rings. The number of hydrogen-bond acceptors (Lipinski definition) is 1. The summed E-state index contributed by atoms with van der Waals surface area (Å²) in [4.78, 5) is 0. The van der Waals surface area contributed by atoms with Gasteiger partial charge >= 0.3 is 0 Å². The maximum atomic E-state index is 3.64. The standard InChI is InChI=1S/C18H19BrN2/c1-2-20-12-15-8-5-7-14-10-11-21(18(14)15)13-16-6-3-4-9-17(16)19/h3-11,20H,2,12-13H2,1H3. The second-order valence-corrected chi connectivity index (χ2v) is 6.02. The van der Waals surface area contributed by atoms with Gasteiger partial charge in [-0.2, -0.15) is 0 Å². The third-order valence-electron chi connectivity index (χ3n) is 3.74. The van der Waals surface area contributed by atoms with Crippen LogP contribution in [0.2, 0.25) is 0 Å². The number of halogens is 1. The highest BCUT2D eigenvalue weighted by atomic mass is 79.9. The van der Waals surface area contributed by atoms with Gasteiger partial charge in [0.15, 0.2) is 0 Å². The van der Waals surface area contributed by atoms with E-state index in [2.05, 4.69) is 87.5 Å². The Morgan fingerprint density at radius 1 is 1.00 bits per heavy atom. The van der Waals surface area contributed by atoms with Crippen molar-refractivity contribution in [3.8, 4) is 0 Å². The first-order chi connectivity index (χ1) is 10.3. The lowest BCUT2D eigenvalue weighted by Gasteiger charge is -2.11. The summed E-state index contributed by atoms with van der Waals surface area (Å²) in [6.45, 7) is 4.92. The first-order valence-corrected chi connectivity index (χ1v) is 8.09. The Morgan fingerprint density at radius 3 is 2.62 bits per heavy atom. The van der Waals surface area contributed by atoms with E-state index in [0.717, 1.165) is 24.1 Å². The lowest BCUT2D eigenvalue weighted by Crippen LogP contribution is -2.13. The average Bonchev–Trinajstić information content (AvgIpc) is 2.91. The predicted octanol–water partition coefficient (Wildman–Crippen LogP) is 4.56. The molecule has 0 aliphatic heterocycles. The number of nitrogens with zero attached hydrogens (tertiary/aromatic N) is 1. The van der Waals surface area contributed by atoms with Crippen LogP contribution in [-0.4, -0.2) is 11.1 Å². The molecular formula is C18H19BrN2. The van der Waals surface area contributed by atoms with Gasteiger partial charge in [0.25, 0.3) is 0 Å². The summed E-state index contributed by atoms with van der Waals surface area (Å²) in [7, 11) is 0. The summed E-state index contributed by atoms with van der Waals surface area (Å²) in [6, 6.07) is 17.1. The van der Waals surface area contributed by atoms with E-state index < -0.39 is 0 Å². The summed E-state index contributed by atoms with van der Waals surface area (Å²) >= 11 is 3.64. The molecule has 0 spiro atoms. The predicted molar refractivity (Wildman–Crippen MR) is 92.6 cm³/mol. The Hall–Kier alpha value is -1.58. The first-order valence-electron chi connectivity index (χ1n) is 7.30. The third-order valence-corrected chi connectivity index (χ3v) is 4.51. The van der Waals surface area contributed by atoms with Crippen LogP contribution < -0.4 is 5.32 Å². The fraction of sp³-hybridized carbons (Fsp3) is 0.222. The number of nitrogens with one attached hydrogen (secondary N) is 1. The summed E-state index contributed by atoms with van der Waals surface area (Å²) in [5.74, 6) is 0. The van der Waals surface area contributed by atoms with Crippen LogP contribution in [0.1, 0.15) is 18.1 Å². The maximum Gasteiger partial charge on any atom is 0.0529 e. The van der Waals surface area contributed by atoms with Crippen LogP contribution >= 0.6 is 15.9 Å². The zero-order chi connectivity index (χ0) is 14.7. The van der Waals surface area contributed by atoms with E-state index in [9.17, 15) is 0 Å². The molecule has 1 heterocycles. The van der Waals surface area contributed by atoms with Gasteiger partial charge in [0, 0.05) is 23.8 Å². The van der Waals surface area contributed by atoms with Crippen LogP contribution in [0, 0.1) is 0 Å². The molecule has 0 saturated heterocycles. The average molecular weight is 343 g/mol. The van der Waals surface area contributed by atoms with Gasteiger partial charge in [0.2, 0.25) is 0 Å². The molecule has 3 rings (SSSR count). The molecule has 0 bridgehead atoms. The number of aromatic nitrogens is 1. The second-order valence-electron chi connectivity index (χ2n) is 5.17. The van der Waals surface area contributed by atoms with E-state index in [1.165, 1.54) is 22.0 Å². The van der Waals surface area contributed by atoms with Gasteiger partial charge < -0.3 is 9.88 Å². The lowest BCUT2D eigenvalue weighted by atomic mass is 10.1. The highest BCUT2D eigenvalue weighted by molar-refractivity contribution is 9.10. The largest absolute Gasteiger partial charge is 0.343 e. The second kappa shape index (κ2) is 6.46. The molecule has 21 heavy (non-hydrogen) atoms. The normalized spacial score (nSPS) is 11.1. The molecule has 2 aromatic carbocycles. The molecule has 0 radical (unpaired) electrons. The zero-order valence-electron chi connectivity index (χ0n) is 12.1. The van der Waals surface area contributed by atoms with Crippen molar-refractivity contribution in [2.45, 2.75) is 20.0 Å². The van der Waals surface area contributed by atoms with Gasteiger partial charge in [-0.15, -0.1) is 0 Å². The van der Waals surface area contributed by atoms with Crippen molar-refractivity contribution in [1.29, 1.82) is 0 Å². The Labute approximate surface area is 133 Å². The molecule has 0 amide bonds. The Balaban J connectivity index is 2.01. The Kier molecular flexibility index (Phi) is 4.42. The number of benzene rings is 2. The molecule has 108 valence electrons. The highest BCUT2D eigenvalue weighted by Gasteiger charge is 2.08. The van der Waals surface area contributed by atoms with Gasteiger partial charge in [0.05, 0.1) is 5.52 Å². The lowest BCUT2D eigenvalue weighted by molar-refractivity contribution is 0.724. The molecule has 1 aromatic heterocycles. The molecule has 3 heteroatoms. The molecule has 3 aromatic rings. The smallest absolute Gasteiger partial charge is 0.0529 e. The molecule has 0 atom stereocenters. The Bertz CT molecular complexity index is 746. The topological polar surface area (TPSA) is 17.0 Å². The van der Waals surface area contributed by atoms with E-state index in [1.807, 2.05) is 0 Å². The van der Waals surface area contributed by atoms with E-state index in [4.69, 9.17) is 0 Å². The monoisotopic (exact) mass is 342 g/mol. The fourth-order valence-corrected chi connectivity index (χ4v) is 3.10. The molecule has 0 unspecified atom stereocenters. The minimum atomic E-state index is 0.883. The molecule has 1 N–H and O–H groups in total. The van der Waals surface area contributed by atoms with Crippen LogP contribution in [0.5, 0.6) is 0 Å². The van der Waals surface area contributed by atoms with Crippen molar-refractivity contribution < 1.29 is 0 Å². The third kappa shape index (κ3) is 3.04. The van der Waals surface area contributed by atoms with Crippen molar-refractivity contribution in [2.24, 2.45) is 0 Å². The zero-order valence-corrected chi connectivity index (χ0v) is 13.7. The van der Waals surface area contributed by atoms with Gasteiger partial charge in [-0.3, -0.25) is 0 Å². The van der Waals surface area contributed by atoms with Gasteiger partial charge in [-0.05, 0) is 35.2 Å². The maximum absolute atomic E-state index is 3.64. The van der Waals surface area contributed by atoms with Crippen LogP contribution in [0.15, 0.2) is 59.2 Å². The Morgan fingerprint density at radius 2 is 1.81 bits per heavy atom. The summed E-state index contributed by atoms with van der Waals surface area (Å²) in [6.07, 6.45) is 2.18. The fourth-order valence-electron chi connectivity index (χ4n) is 2.68. The van der Waals surface area contributed by atoms with E-state index in [1.54, 1.807) is 0 Å². The first kappa shape index (κ1) is 14.4. The SMILES string of the molecule is CCNCc1cccc2ccn(Cc3ccccc3Br)c12. The van der Waals surface area contributed by atoms with Gasteiger partial charge in [0.1, 0.15) is 0 Å². The van der Waals surface area contributed by atoms with Crippen LogP contribution in [0.3, 0.4) is 0 Å². The quantitative estimate of drug-likeness (QED) is 0.719. The molecule has 0 fully saturated rings. The highest BCUT2D eigenvalue weighted by Crippen LogP contribution is 2.24. The van der Waals surface area contributed by atoms with Crippen LogP contribution in [0.4, 0.5) is 0 Å². The van der Waals surface area contributed by atoms with E-state index in [0.29, 0.717) is 0 Å². The summed E-state index contributed by atoms with van der Waals surface area (Å²) in [5.41, 5.74) is 3.98. The van der Waals surface area contributed by atoms with E-state index in [-0.39, 0.29) is 0 Å². The molecule has 2 nitrogen and oxygen atoms in total. The minimum absolute atomic E-state index is 0.883.